The molecule has 0 bridgehead atoms. The Hall–Kier alpha value is -1.43. The Morgan fingerprint density at radius 2 is 2.00 bits per heavy atom. The largest absolute Gasteiger partial charge is 0.465 e. The first-order valence-electron chi connectivity index (χ1n) is 6.43. The van der Waals surface area contributed by atoms with Gasteiger partial charge in [0.15, 0.2) is 5.78 Å². The van der Waals surface area contributed by atoms with Crippen LogP contribution in [0.4, 0.5) is 0 Å². The summed E-state index contributed by atoms with van der Waals surface area (Å²) in [4.78, 5) is 41.3. The van der Waals surface area contributed by atoms with Gasteiger partial charge in [0.2, 0.25) is 5.41 Å². The summed E-state index contributed by atoms with van der Waals surface area (Å²) in [6, 6.07) is 0. The van der Waals surface area contributed by atoms with Crippen LogP contribution in [0, 0.1) is 5.41 Å². The van der Waals surface area contributed by atoms with Crippen LogP contribution in [0.15, 0.2) is 0 Å². The van der Waals surface area contributed by atoms with Gasteiger partial charge in [0.25, 0.3) is 5.91 Å². The van der Waals surface area contributed by atoms with Crippen LogP contribution in [0.25, 0.3) is 0 Å². The van der Waals surface area contributed by atoms with Crippen molar-refractivity contribution in [3.05, 3.63) is 0 Å². The first-order chi connectivity index (χ1) is 8.74. The maximum Gasteiger partial charge on any atom is 0.329 e. The molecule has 0 aliphatic heterocycles. The molecule has 6 heteroatoms. The number of rotatable bonds is 4. The molecule has 1 aliphatic rings. The van der Waals surface area contributed by atoms with E-state index in [-0.39, 0.29) is 19.4 Å². The topological polar surface area (TPSA) is 81.7 Å². The highest BCUT2D eigenvalue weighted by Crippen LogP contribution is 2.36. The van der Waals surface area contributed by atoms with Gasteiger partial charge in [-0.3, -0.25) is 19.2 Å². The van der Waals surface area contributed by atoms with Crippen molar-refractivity contribution >= 4 is 17.7 Å². The molecule has 0 heterocycles. The van der Waals surface area contributed by atoms with E-state index in [1.165, 1.54) is 0 Å². The molecule has 0 aromatic carbocycles. The Kier molecular flexibility index (Phi) is 4.68. The van der Waals surface area contributed by atoms with Gasteiger partial charge in [0, 0.05) is 6.42 Å². The molecule has 1 fully saturated rings. The fourth-order valence-electron chi connectivity index (χ4n) is 1.96. The number of hydrogen-bond donors (Lipinski definition) is 1. The Morgan fingerprint density at radius 3 is 2.42 bits per heavy atom. The van der Waals surface area contributed by atoms with E-state index in [0.29, 0.717) is 6.42 Å². The molecule has 108 valence electrons. The molecule has 1 atom stereocenters. The fraction of sp³-hybridized carbons (Fsp3) is 0.769. The molecule has 0 spiro atoms. The molecule has 1 rings (SSSR count). The summed E-state index contributed by atoms with van der Waals surface area (Å²) in [6.07, 6.45) is 0.881. The highest BCUT2D eigenvalue weighted by atomic mass is 16.7. The molecule has 0 aromatic rings. The second kappa shape index (κ2) is 5.69. The third-order valence-electron chi connectivity index (χ3n) is 2.89. The molecule has 0 radical (unpaired) electrons. The molecule has 1 unspecified atom stereocenters. The van der Waals surface area contributed by atoms with E-state index in [1.54, 1.807) is 27.7 Å². The van der Waals surface area contributed by atoms with E-state index in [9.17, 15) is 14.4 Å². The van der Waals surface area contributed by atoms with E-state index in [1.807, 2.05) is 0 Å². The van der Waals surface area contributed by atoms with Gasteiger partial charge in [0.05, 0.1) is 12.2 Å². The quantitative estimate of drug-likeness (QED) is 0.471. The predicted molar refractivity (Wildman–Crippen MR) is 66.9 cm³/mol. The molecule has 1 amide bonds. The second-order valence-electron chi connectivity index (χ2n) is 5.55. The van der Waals surface area contributed by atoms with E-state index in [4.69, 9.17) is 9.57 Å². The lowest BCUT2D eigenvalue weighted by atomic mass is 9.84. The number of ketones is 1. The zero-order chi connectivity index (χ0) is 14.7. The number of carbonyl (C=O) groups excluding carboxylic acids is 3. The van der Waals surface area contributed by atoms with Crippen LogP contribution in [0.1, 0.15) is 47.0 Å². The van der Waals surface area contributed by atoms with Crippen molar-refractivity contribution in [1.29, 1.82) is 0 Å². The Bertz CT molecular complexity index is 385. The van der Waals surface area contributed by atoms with Crippen LogP contribution in [-0.4, -0.2) is 29.9 Å². The minimum absolute atomic E-state index is 0.126. The van der Waals surface area contributed by atoms with E-state index in [0.717, 1.165) is 0 Å². The normalized spacial score (nSPS) is 23.3. The van der Waals surface area contributed by atoms with Crippen molar-refractivity contribution in [3.8, 4) is 0 Å². The number of nitrogens with one attached hydrogen (secondary N) is 1. The average molecular weight is 271 g/mol. The summed E-state index contributed by atoms with van der Waals surface area (Å²) in [5, 5.41) is 0. The molecule has 0 aromatic heterocycles. The summed E-state index contributed by atoms with van der Waals surface area (Å²) < 4.78 is 4.88. The molecule has 6 nitrogen and oxygen atoms in total. The molecule has 1 saturated carbocycles. The highest BCUT2D eigenvalue weighted by molar-refractivity contribution is 6.22. The average Bonchev–Trinajstić information content (AvgIpc) is 2.68. The van der Waals surface area contributed by atoms with Crippen molar-refractivity contribution in [2.24, 2.45) is 5.41 Å². The number of Topliss-reactive ketones (excluding diaryl/α,β-unsaturated/α-hetero) is 1. The predicted octanol–water partition coefficient (Wildman–Crippen LogP) is 1.14. The maximum atomic E-state index is 12.2. The van der Waals surface area contributed by atoms with Gasteiger partial charge in [0.1, 0.15) is 0 Å². The number of hydroxylamine groups is 1. The molecule has 0 saturated heterocycles. The van der Waals surface area contributed by atoms with Crippen molar-refractivity contribution in [3.63, 3.8) is 0 Å². The summed E-state index contributed by atoms with van der Waals surface area (Å²) >= 11 is 0. The van der Waals surface area contributed by atoms with E-state index < -0.39 is 28.7 Å². The van der Waals surface area contributed by atoms with Crippen LogP contribution < -0.4 is 5.48 Å². The van der Waals surface area contributed by atoms with Crippen LogP contribution >= 0.6 is 0 Å². The van der Waals surface area contributed by atoms with Crippen molar-refractivity contribution in [1.82, 2.24) is 5.48 Å². The number of amides is 1. The lowest BCUT2D eigenvalue weighted by Crippen LogP contribution is -2.51. The third kappa shape index (κ3) is 3.32. The third-order valence-corrected chi connectivity index (χ3v) is 2.89. The summed E-state index contributed by atoms with van der Waals surface area (Å²) in [6.45, 7) is 7.01. The van der Waals surface area contributed by atoms with Crippen LogP contribution in [-0.2, 0) is 24.0 Å². The van der Waals surface area contributed by atoms with Crippen molar-refractivity contribution < 1.29 is 24.0 Å². The monoisotopic (exact) mass is 271 g/mol. The minimum atomic E-state index is -1.73. The molecule has 1 N–H and O–H groups in total. The van der Waals surface area contributed by atoms with Gasteiger partial charge in [-0.2, -0.15) is 0 Å². The second-order valence-corrected chi connectivity index (χ2v) is 5.55. The van der Waals surface area contributed by atoms with Gasteiger partial charge < -0.3 is 4.74 Å². The fourth-order valence-corrected chi connectivity index (χ4v) is 1.96. The molecular weight excluding hydrogens is 250 g/mol. The van der Waals surface area contributed by atoms with Gasteiger partial charge in [-0.25, -0.2) is 5.48 Å². The van der Waals surface area contributed by atoms with Gasteiger partial charge in [-0.15, -0.1) is 0 Å². The van der Waals surface area contributed by atoms with Crippen LogP contribution in [0.2, 0.25) is 0 Å². The molecule has 19 heavy (non-hydrogen) atoms. The zero-order valence-corrected chi connectivity index (χ0v) is 11.9. The van der Waals surface area contributed by atoms with Crippen LogP contribution in [0.5, 0.6) is 0 Å². The zero-order valence-electron chi connectivity index (χ0n) is 11.9. The maximum absolute atomic E-state index is 12.2. The minimum Gasteiger partial charge on any atom is -0.465 e. The smallest absolute Gasteiger partial charge is 0.329 e. The molecule has 1 aliphatic carbocycles. The number of hydrogen-bond acceptors (Lipinski definition) is 5. The first kappa shape index (κ1) is 15.6. The Morgan fingerprint density at radius 1 is 1.37 bits per heavy atom. The lowest BCUT2D eigenvalue weighted by molar-refractivity contribution is -0.172. The van der Waals surface area contributed by atoms with E-state index >= 15 is 0 Å². The number of esters is 1. The Balaban J connectivity index is 2.89. The number of carbonyl (C=O) groups is 3. The summed E-state index contributed by atoms with van der Waals surface area (Å²) in [5.41, 5.74) is -0.124. The van der Waals surface area contributed by atoms with Crippen LogP contribution in [0.3, 0.4) is 0 Å². The van der Waals surface area contributed by atoms with Crippen molar-refractivity contribution in [2.45, 2.75) is 52.6 Å². The Labute approximate surface area is 112 Å². The van der Waals surface area contributed by atoms with Gasteiger partial charge in [-0.05, 0) is 40.5 Å². The summed E-state index contributed by atoms with van der Waals surface area (Å²) in [7, 11) is 0. The number of ether oxygens (including phenoxy) is 1. The van der Waals surface area contributed by atoms with Crippen molar-refractivity contribution in [2.75, 3.05) is 6.61 Å². The lowest BCUT2D eigenvalue weighted by Gasteiger charge is -2.26. The van der Waals surface area contributed by atoms with Gasteiger partial charge in [-0.1, -0.05) is 0 Å². The standard InChI is InChI=1S/C13H21NO5/c1-5-18-11(17)13(8-6-7-9(13)15)10(16)14-19-12(2,3)4/h5-8H2,1-4H3,(H,14,16). The first-order valence-corrected chi connectivity index (χ1v) is 6.43. The van der Waals surface area contributed by atoms with Gasteiger partial charge >= 0.3 is 5.97 Å². The highest BCUT2D eigenvalue weighted by Gasteiger charge is 2.56. The summed E-state index contributed by atoms with van der Waals surface area (Å²) in [5.74, 6) is -1.92. The van der Waals surface area contributed by atoms with E-state index in [2.05, 4.69) is 5.48 Å². The SMILES string of the molecule is CCOC(=O)C1(C(=O)NOC(C)(C)C)CCCC1=O. The molecular formula is C13H21NO5.